The number of fused-ring (bicyclic) bond motifs is 2. The summed E-state index contributed by atoms with van der Waals surface area (Å²) in [7, 11) is 0. The summed E-state index contributed by atoms with van der Waals surface area (Å²) in [6, 6.07) is 20.3. The number of hydrogen-bond acceptors (Lipinski definition) is 7. The lowest BCUT2D eigenvalue weighted by Crippen LogP contribution is -2.42. The van der Waals surface area contributed by atoms with Gasteiger partial charge in [0.05, 0.1) is 5.52 Å². The summed E-state index contributed by atoms with van der Waals surface area (Å²) in [6.45, 7) is -0.0129. The molecule has 10 nitrogen and oxygen atoms in total. The van der Waals surface area contributed by atoms with Crippen LogP contribution >= 0.6 is 0 Å². The van der Waals surface area contributed by atoms with Gasteiger partial charge in [-0.1, -0.05) is 35.5 Å². The molecule has 200 valence electrons. The van der Waals surface area contributed by atoms with E-state index in [1.165, 1.54) is 33.8 Å². The molecule has 40 heavy (non-hydrogen) atoms. The van der Waals surface area contributed by atoms with Gasteiger partial charge in [-0.05, 0) is 53.6 Å². The Morgan fingerprint density at radius 2 is 1.82 bits per heavy atom. The number of pyridine rings is 1. The van der Waals surface area contributed by atoms with Gasteiger partial charge in [0.25, 0.3) is 5.91 Å². The van der Waals surface area contributed by atoms with Crippen LogP contribution in [-0.4, -0.2) is 43.5 Å². The number of anilines is 1. The Morgan fingerprint density at radius 1 is 1.00 bits per heavy atom. The molecule has 11 heteroatoms. The van der Waals surface area contributed by atoms with E-state index in [0.29, 0.717) is 39.3 Å². The number of amides is 2. The summed E-state index contributed by atoms with van der Waals surface area (Å²) in [5, 5.41) is 11.2. The van der Waals surface area contributed by atoms with E-state index in [-0.39, 0.29) is 19.9 Å². The molecule has 0 saturated carbocycles. The smallest absolute Gasteiger partial charge is 0.251 e. The molecule has 1 atom stereocenters. The predicted octanol–water partition coefficient (Wildman–Crippen LogP) is 4.10. The van der Waals surface area contributed by atoms with Gasteiger partial charge in [0.1, 0.15) is 23.9 Å². The van der Waals surface area contributed by atoms with E-state index in [9.17, 15) is 14.0 Å². The molecule has 2 aromatic heterocycles. The van der Waals surface area contributed by atoms with E-state index in [1.807, 2.05) is 24.3 Å². The van der Waals surface area contributed by atoms with E-state index >= 15 is 0 Å². The first kappa shape index (κ1) is 25.0. The number of rotatable bonds is 8. The Labute approximate surface area is 228 Å². The number of aromatic nitrogens is 4. The molecular formula is C29H23FN6O4. The van der Waals surface area contributed by atoms with E-state index in [0.717, 1.165) is 0 Å². The van der Waals surface area contributed by atoms with Gasteiger partial charge in [-0.2, -0.15) is 0 Å². The largest absolute Gasteiger partial charge is 0.454 e. The fraction of sp³-hybridized carbons (Fsp3) is 0.138. The van der Waals surface area contributed by atoms with Gasteiger partial charge in [0.15, 0.2) is 11.5 Å². The average molecular weight is 539 g/mol. The summed E-state index contributed by atoms with van der Waals surface area (Å²) in [5.74, 6) is -0.280. The summed E-state index contributed by atoms with van der Waals surface area (Å²) in [4.78, 5) is 33.5. The highest BCUT2D eigenvalue weighted by molar-refractivity contribution is 5.98. The van der Waals surface area contributed by atoms with Crippen LogP contribution in [0, 0.1) is 5.82 Å². The third-order valence-corrected chi connectivity index (χ3v) is 6.49. The number of carbonyl (C=O) groups excluding carboxylic acids is 2. The highest BCUT2D eigenvalue weighted by Crippen LogP contribution is 2.35. The monoisotopic (exact) mass is 538 g/mol. The Balaban J connectivity index is 1.37. The lowest BCUT2D eigenvalue weighted by molar-refractivity contribution is -0.140. The molecule has 0 bridgehead atoms. The SMILES string of the molecule is O=C(Nc1ccc2c(c1)OCO2)[C@@H](c1ccc(F)cc1)N(Cc1cccnc1)C(=O)Cn1nnc2ccccc21. The summed E-state index contributed by atoms with van der Waals surface area (Å²) >= 11 is 0. The number of para-hydroxylation sites is 1. The minimum atomic E-state index is -1.12. The zero-order valence-electron chi connectivity index (χ0n) is 21.1. The number of benzene rings is 3. The fourth-order valence-corrected chi connectivity index (χ4v) is 4.57. The first-order valence-corrected chi connectivity index (χ1v) is 12.5. The maximum atomic E-state index is 14.0. The molecule has 0 radical (unpaired) electrons. The molecule has 0 unspecified atom stereocenters. The van der Waals surface area contributed by atoms with Crippen LogP contribution in [0.3, 0.4) is 0 Å². The van der Waals surface area contributed by atoms with Crippen LogP contribution in [0.25, 0.3) is 11.0 Å². The van der Waals surface area contributed by atoms with Gasteiger partial charge >= 0.3 is 0 Å². The van der Waals surface area contributed by atoms with Gasteiger partial charge in [-0.25, -0.2) is 9.07 Å². The number of halogens is 1. The van der Waals surface area contributed by atoms with Gasteiger partial charge in [-0.3, -0.25) is 14.6 Å². The third-order valence-electron chi connectivity index (χ3n) is 6.49. The van der Waals surface area contributed by atoms with E-state index in [2.05, 4.69) is 20.6 Å². The van der Waals surface area contributed by atoms with E-state index in [1.54, 1.807) is 42.7 Å². The third kappa shape index (κ3) is 5.17. The number of hydrogen-bond donors (Lipinski definition) is 1. The molecule has 0 aliphatic carbocycles. The zero-order valence-corrected chi connectivity index (χ0v) is 21.1. The second-order valence-electron chi connectivity index (χ2n) is 9.13. The summed E-state index contributed by atoms with van der Waals surface area (Å²) < 4.78 is 26.2. The maximum absolute atomic E-state index is 14.0. The molecule has 6 rings (SSSR count). The van der Waals surface area contributed by atoms with Crippen LogP contribution in [-0.2, 0) is 22.7 Å². The normalized spacial score (nSPS) is 12.7. The van der Waals surface area contributed by atoms with Gasteiger partial charge in [0.2, 0.25) is 12.7 Å². The van der Waals surface area contributed by atoms with Crippen LogP contribution in [0.2, 0.25) is 0 Å². The highest BCUT2D eigenvalue weighted by Gasteiger charge is 2.33. The first-order chi connectivity index (χ1) is 19.5. The molecule has 0 fully saturated rings. The van der Waals surface area contributed by atoms with Crippen molar-refractivity contribution < 1.29 is 23.5 Å². The van der Waals surface area contributed by atoms with Crippen molar-refractivity contribution >= 4 is 28.5 Å². The lowest BCUT2D eigenvalue weighted by atomic mass is 10.0. The predicted molar refractivity (Wildman–Crippen MR) is 143 cm³/mol. The van der Waals surface area contributed by atoms with E-state index in [4.69, 9.17) is 9.47 Å². The minimum absolute atomic E-state index is 0.0654. The van der Waals surface area contributed by atoms with Crippen molar-refractivity contribution in [3.63, 3.8) is 0 Å². The molecule has 5 aromatic rings. The molecule has 3 heterocycles. The van der Waals surface area contributed by atoms with Gasteiger partial charge < -0.3 is 19.7 Å². The molecule has 1 N–H and O–H groups in total. The van der Waals surface area contributed by atoms with Crippen LogP contribution in [0.4, 0.5) is 10.1 Å². The van der Waals surface area contributed by atoms with Crippen LogP contribution in [0.15, 0.2) is 91.3 Å². The number of ether oxygens (including phenoxy) is 2. The molecule has 1 aliphatic rings. The van der Waals surface area contributed by atoms with Crippen LogP contribution in [0.5, 0.6) is 11.5 Å². The van der Waals surface area contributed by atoms with Crippen molar-refractivity contribution in [3.8, 4) is 11.5 Å². The second kappa shape index (κ2) is 10.8. The molecule has 0 saturated heterocycles. The molecule has 0 spiro atoms. The standard InChI is InChI=1S/C29H23FN6O4/c30-21-9-7-20(8-10-21)28(29(38)32-22-11-12-25-26(14-22)40-18-39-25)35(16-19-4-3-13-31-15-19)27(37)17-36-24-6-2-1-5-23(24)33-34-36/h1-15,28H,16-18H2,(H,32,38)/t28-/m1/s1. The van der Waals surface area contributed by atoms with Crippen LogP contribution < -0.4 is 14.8 Å². The Kier molecular flexibility index (Phi) is 6.75. The van der Waals surface area contributed by atoms with Crippen LogP contribution in [0.1, 0.15) is 17.2 Å². The van der Waals surface area contributed by atoms with E-state index < -0.39 is 23.7 Å². The molecule has 2 amide bonds. The molecular weight excluding hydrogens is 515 g/mol. The first-order valence-electron chi connectivity index (χ1n) is 12.5. The van der Waals surface area contributed by atoms with Crippen molar-refractivity contribution in [3.05, 3.63) is 108 Å². The fourth-order valence-electron chi connectivity index (χ4n) is 4.57. The zero-order chi connectivity index (χ0) is 27.5. The summed E-state index contributed by atoms with van der Waals surface area (Å²) in [6.07, 6.45) is 3.25. The van der Waals surface area contributed by atoms with Gasteiger partial charge in [-0.15, -0.1) is 5.10 Å². The topological polar surface area (TPSA) is 111 Å². The Bertz CT molecular complexity index is 1680. The molecule has 3 aromatic carbocycles. The summed E-state index contributed by atoms with van der Waals surface area (Å²) in [5.41, 5.74) is 2.92. The lowest BCUT2D eigenvalue weighted by Gasteiger charge is -2.31. The molecule has 1 aliphatic heterocycles. The Hall–Kier alpha value is -5.32. The minimum Gasteiger partial charge on any atom is -0.454 e. The van der Waals surface area contributed by atoms with Gasteiger partial charge in [0, 0.05) is 30.7 Å². The van der Waals surface area contributed by atoms with Crippen molar-refractivity contribution in [1.29, 1.82) is 0 Å². The number of nitrogens with one attached hydrogen (secondary N) is 1. The number of nitrogens with zero attached hydrogens (tertiary/aromatic N) is 5. The maximum Gasteiger partial charge on any atom is 0.251 e. The van der Waals surface area contributed by atoms with Crippen molar-refractivity contribution in [1.82, 2.24) is 24.9 Å². The van der Waals surface area contributed by atoms with Crippen molar-refractivity contribution in [2.45, 2.75) is 19.1 Å². The van der Waals surface area contributed by atoms with Crippen molar-refractivity contribution in [2.75, 3.05) is 12.1 Å². The highest BCUT2D eigenvalue weighted by atomic mass is 19.1. The second-order valence-corrected chi connectivity index (χ2v) is 9.13. The average Bonchev–Trinajstić information content (AvgIpc) is 3.61. The Morgan fingerprint density at radius 3 is 2.65 bits per heavy atom. The van der Waals surface area contributed by atoms with Crippen molar-refractivity contribution in [2.24, 2.45) is 0 Å². The quantitative estimate of drug-likeness (QED) is 0.317. The number of carbonyl (C=O) groups is 2.